The van der Waals surface area contributed by atoms with E-state index in [2.05, 4.69) is 5.92 Å². The van der Waals surface area contributed by atoms with Crippen LogP contribution in [0.3, 0.4) is 0 Å². The molecule has 0 saturated carbocycles. The summed E-state index contributed by atoms with van der Waals surface area (Å²) in [6.45, 7) is 3.83. The fourth-order valence-electron chi connectivity index (χ4n) is 1.17. The Balaban J connectivity index is 4.20. The average molecular weight is 180 g/mol. The second-order valence-electron chi connectivity index (χ2n) is 3.14. The number of allylic oxidation sites excluding steroid dienone is 2. The molecular weight excluding hydrogens is 164 g/mol. The van der Waals surface area contributed by atoms with Gasteiger partial charge in [0.25, 0.3) is 0 Å². The van der Waals surface area contributed by atoms with Crippen molar-refractivity contribution in [1.29, 1.82) is 0 Å². The Hall–Kier alpha value is -1.23. The van der Waals surface area contributed by atoms with Gasteiger partial charge in [0.1, 0.15) is 0 Å². The van der Waals surface area contributed by atoms with Crippen molar-refractivity contribution in [2.45, 2.75) is 26.7 Å². The number of rotatable bonds is 5. The lowest BCUT2D eigenvalue weighted by molar-refractivity contribution is -0.143. The van der Waals surface area contributed by atoms with Crippen LogP contribution in [0.15, 0.2) is 12.2 Å². The maximum absolute atomic E-state index is 10.8. The van der Waals surface area contributed by atoms with Gasteiger partial charge in [0.2, 0.25) is 0 Å². The zero-order valence-electron chi connectivity index (χ0n) is 8.16. The fourth-order valence-corrected chi connectivity index (χ4v) is 1.17. The predicted molar refractivity (Wildman–Crippen MR) is 53.2 cm³/mol. The minimum Gasteiger partial charge on any atom is -0.481 e. The van der Waals surface area contributed by atoms with Crippen LogP contribution in [0.1, 0.15) is 26.7 Å². The first-order valence-electron chi connectivity index (χ1n) is 4.40. The molecule has 2 heteroatoms. The Morgan fingerprint density at radius 3 is 2.69 bits per heavy atom. The number of hydrogen-bond acceptors (Lipinski definition) is 1. The first-order valence-corrected chi connectivity index (χ1v) is 4.40. The highest BCUT2D eigenvalue weighted by Gasteiger charge is 2.22. The van der Waals surface area contributed by atoms with E-state index >= 15 is 0 Å². The molecule has 2 atom stereocenters. The van der Waals surface area contributed by atoms with Gasteiger partial charge in [-0.25, -0.2) is 0 Å². The fraction of sp³-hybridized carbons (Fsp3) is 0.545. The van der Waals surface area contributed by atoms with Crippen LogP contribution in [0.2, 0.25) is 0 Å². The Bertz CT molecular complexity index is 223. The van der Waals surface area contributed by atoms with Gasteiger partial charge in [-0.1, -0.05) is 19.1 Å². The van der Waals surface area contributed by atoms with Gasteiger partial charge in [-0.15, -0.1) is 12.3 Å². The van der Waals surface area contributed by atoms with Crippen LogP contribution in [-0.4, -0.2) is 11.1 Å². The molecule has 0 rings (SSSR count). The summed E-state index contributed by atoms with van der Waals surface area (Å²) in [5, 5.41) is 8.85. The Morgan fingerprint density at radius 2 is 2.31 bits per heavy atom. The molecule has 0 aromatic rings. The monoisotopic (exact) mass is 180 g/mol. The quantitative estimate of drug-likeness (QED) is 0.520. The van der Waals surface area contributed by atoms with Crippen LogP contribution >= 0.6 is 0 Å². The predicted octanol–water partition coefficient (Wildman–Crippen LogP) is 2.31. The number of hydrogen-bond donors (Lipinski definition) is 1. The second kappa shape index (κ2) is 6.30. The van der Waals surface area contributed by atoms with Crippen molar-refractivity contribution in [3.05, 3.63) is 12.2 Å². The summed E-state index contributed by atoms with van der Waals surface area (Å²) >= 11 is 0. The molecule has 0 spiro atoms. The molecule has 1 N–H and O–H groups in total. The summed E-state index contributed by atoms with van der Waals surface area (Å²) in [5.41, 5.74) is 0. The molecule has 0 aromatic carbocycles. The molecule has 0 bridgehead atoms. The van der Waals surface area contributed by atoms with Crippen LogP contribution < -0.4 is 0 Å². The van der Waals surface area contributed by atoms with E-state index in [0.29, 0.717) is 6.42 Å². The molecule has 2 unspecified atom stereocenters. The topological polar surface area (TPSA) is 37.3 Å². The molecule has 0 heterocycles. The maximum Gasteiger partial charge on any atom is 0.307 e. The molecule has 0 aromatic heterocycles. The van der Waals surface area contributed by atoms with Gasteiger partial charge in [-0.05, 0) is 19.3 Å². The minimum atomic E-state index is -0.796. The third kappa shape index (κ3) is 4.37. The van der Waals surface area contributed by atoms with Gasteiger partial charge in [-0.2, -0.15) is 0 Å². The number of carboxylic acid groups (broad SMARTS) is 1. The molecule has 0 amide bonds. The summed E-state index contributed by atoms with van der Waals surface area (Å²) in [4.78, 5) is 10.8. The molecule has 0 aliphatic heterocycles. The largest absolute Gasteiger partial charge is 0.481 e. The Labute approximate surface area is 79.7 Å². The Kier molecular flexibility index (Phi) is 5.71. The van der Waals surface area contributed by atoms with E-state index in [-0.39, 0.29) is 5.92 Å². The number of aliphatic carboxylic acids is 1. The van der Waals surface area contributed by atoms with Crippen LogP contribution in [-0.2, 0) is 4.79 Å². The summed E-state index contributed by atoms with van der Waals surface area (Å²) < 4.78 is 0. The van der Waals surface area contributed by atoms with E-state index in [9.17, 15) is 4.79 Å². The lowest BCUT2D eigenvalue weighted by Gasteiger charge is -2.15. The molecule has 72 valence electrons. The third-order valence-electron chi connectivity index (χ3n) is 2.09. The molecule has 0 aliphatic carbocycles. The van der Waals surface area contributed by atoms with E-state index in [1.54, 1.807) is 0 Å². The van der Waals surface area contributed by atoms with Crippen LogP contribution in [0.5, 0.6) is 0 Å². The minimum absolute atomic E-state index is 0.102. The highest BCUT2D eigenvalue weighted by atomic mass is 16.4. The van der Waals surface area contributed by atoms with Gasteiger partial charge >= 0.3 is 5.97 Å². The summed E-state index contributed by atoms with van der Waals surface area (Å²) in [6.07, 6.45) is 10.1. The van der Waals surface area contributed by atoms with Crippen molar-refractivity contribution in [1.82, 2.24) is 0 Å². The molecule has 2 nitrogen and oxygen atoms in total. The zero-order chi connectivity index (χ0) is 10.3. The van der Waals surface area contributed by atoms with Crippen LogP contribution in [0.4, 0.5) is 0 Å². The van der Waals surface area contributed by atoms with Gasteiger partial charge in [-0.3, -0.25) is 4.79 Å². The van der Waals surface area contributed by atoms with E-state index < -0.39 is 11.9 Å². The van der Waals surface area contributed by atoms with Crippen molar-refractivity contribution >= 4 is 5.97 Å². The van der Waals surface area contributed by atoms with Gasteiger partial charge < -0.3 is 5.11 Å². The van der Waals surface area contributed by atoms with E-state index in [1.807, 2.05) is 26.0 Å². The number of terminal acetylenes is 1. The standard InChI is InChI=1S/C11H16O2/c1-4-6-8-9(3)10(7-5-2)11(12)13/h2,4,6,9-10H,7-8H2,1,3H3,(H,12,13). The van der Waals surface area contributed by atoms with E-state index in [1.165, 1.54) is 0 Å². The maximum atomic E-state index is 10.8. The summed E-state index contributed by atoms with van der Waals surface area (Å²) in [6, 6.07) is 0. The van der Waals surface area contributed by atoms with Crippen LogP contribution in [0.25, 0.3) is 0 Å². The van der Waals surface area contributed by atoms with E-state index in [4.69, 9.17) is 11.5 Å². The molecular formula is C11H16O2. The first-order chi connectivity index (χ1) is 6.13. The van der Waals surface area contributed by atoms with Gasteiger partial charge in [0, 0.05) is 6.42 Å². The van der Waals surface area contributed by atoms with Crippen molar-refractivity contribution in [2.24, 2.45) is 11.8 Å². The average Bonchev–Trinajstić information content (AvgIpc) is 2.09. The first kappa shape index (κ1) is 11.8. The Morgan fingerprint density at radius 1 is 1.69 bits per heavy atom. The van der Waals surface area contributed by atoms with Crippen molar-refractivity contribution in [3.63, 3.8) is 0 Å². The molecule has 0 aliphatic rings. The lowest BCUT2D eigenvalue weighted by Crippen LogP contribution is -2.20. The highest BCUT2D eigenvalue weighted by molar-refractivity contribution is 5.70. The van der Waals surface area contributed by atoms with Gasteiger partial charge in [0.15, 0.2) is 0 Å². The molecule has 13 heavy (non-hydrogen) atoms. The summed E-state index contributed by atoms with van der Waals surface area (Å²) in [7, 11) is 0. The molecule has 0 saturated heterocycles. The molecule has 0 fully saturated rings. The molecule has 0 radical (unpaired) electrons. The lowest BCUT2D eigenvalue weighted by atomic mass is 9.89. The SMILES string of the molecule is C#CCC(C(=O)O)C(C)CC=CC. The third-order valence-corrected chi connectivity index (χ3v) is 2.09. The highest BCUT2D eigenvalue weighted by Crippen LogP contribution is 2.19. The summed E-state index contributed by atoms with van der Waals surface area (Å²) in [5.74, 6) is 1.29. The van der Waals surface area contributed by atoms with Crippen molar-refractivity contribution in [2.75, 3.05) is 0 Å². The van der Waals surface area contributed by atoms with Crippen LogP contribution in [0, 0.1) is 24.2 Å². The zero-order valence-corrected chi connectivity index (χ0v) is 8.16. The smallest absolute Gasteiger partial charge is 0.307 e. The van der Waals surface area contributed by atoms with Gasteiger partial charge in [0.05, 0.1) is 5.92 Å². The number of carbonyl (C=O) groups is 1. The normalized spacial score (nSPS) is 15.2. The number of carboxylic acids is 1. The van der Waals surface area contributed by atoms with E-state index in [0.717, 1.165) is 6.42 Å². The second-order valence-corrected chi connectivity index (χ2v) is 3.14. The van der Waals surface area contributed by atoms with Crippen molar-refractivity contribution < 1.29 is 9.90 Å². The van der Waals surface area contributed by atoms with Crippen molar-refractivity contribution in [3.8, 4) is 12.3 Å².